The van der Waals surface area contributed by atoms with Crippen LogP contribution >= 0.6 is 11.3 Å². The summed E-state index contributed by atoms with van der Waals surface area (Å²) in [5.74, 6) is -2.24. The van der Waals surface area contributed by atoms with Gasteiger partial charge in [-0.15, -0.1) is 11.3 Å². The van der Waals surface area contributed by atoms with Gasteiger partial charge in [0.15, 0.2) is 6.04 Å². The normalized spacial score (nSPS) is 17.4. The number of thiophene rings is 1. The molecule has 0 aliphatic carbocycles. The quantitative estimate of drug-likeness (QED) is 0.922. The number of hydrogen-bond donors (Lipinski definition) is 1. The highest BCUT2D eigenvalue weighted by Gasteiger charge is 2.37. The second-order valence-corrected chi connectivity index (χ2v) is 5.68. The number of halogens is 1. The molecule has 2 aromatic heterocycles. The molecule has 3 rings (SSSR count). The first-order valence-electron chi connectivity index (χ1n) is 6.28. The summed E-state index contributed by atoms with van der Waals surface area (Å²) in [4.78, 5) is 29.9. The SMILES string of the molecule is O=C(O)C1c2ccsc2CCN1C(=O)c1cncc(F)c1. The molecule has 0 spiro atoms. The number of amides is 1. The van der Waals surface area contributed by atoms with Crippen LogP contribution in [-0.2, 0) is 11.2 Å². The van der Waals surface area contributed by atoms with E-state index in [1.165, 1.54) is 22.4 Å². The molecular weight excluding hydrogens is 295 g/mol. The lowest BCUT2D eigenvalue weighted by Gasteiger charge is -2.33. The van der Waals surface area contributed by atoms with Gasteiger partial charge in [-0.2, -0.15) is 0 Å². The molecule has 0 saturated carbocycles. The van der Waals surface area contributed by atoms with Crippen molar-refractivity contribution < 1.29 is 19.1 Å². The molecule has 1 N–H and O–H groups in total. The summed E-state index contributed by atoms with van der Waals surface area (Å²) in [7, 11) is 0. The van der Waals surface area contributed by atoms with E-state index in [2.05, 4.69) is 4.98 Å². The molecule has 0 radical (unpaired) electrons. The Morgan fingerprint density at radius 3 is 2.95 bits per heavy atom. The Balaban J connectivity index is 1.98. The van der Waals surface area contributed by atoms with E-state index in [0.717, 1.165) is 17.1 Å². The average Bonchev–Trinajstić information content (AvgIpc) is 2.93. The van der Waals surface area contributed by atoms with Crippen LogP contribution in [0.25, 0.3) is 0 Å². The molecule has 1 atom stereocenters. The van der Waals surface area contributed by atoms with E-state index in [4.69, 9.17) is 0 Å². The van der Waals surface area contributed by atoms with Crippen molar-refractivity contribution in [3.05, 3.63) is 51.7 Å². The number of carbonyl (C=O) groups excluding carboxylic acids is 1. The predicted molar refractivity (Wildman–Crippen MR) is 73.6 cm³/mol. The maximum Gasteiger partial charge on any atom is 0.331 e. The van der Waals surface area contributed by atoms with Gasteiger partial charge in [0.25, 0.3) is 5.91 Å². The van der Waals surface area contributed by atoms with Gasteiger partial charge >= 0.3 is 5.97 Å². The number of hydrogen-bond acceptors (Lipinski definition) is 4. The number of aromatic nitrogens is 1. The number of aliphatic carboxylic acids is 1. The zero-order valence-electron chi connectivity index (χ0n) is 10.8. The van der Waals surface area contributed by atoms with Crippen LogP contribution in [0.1, 0.15) is 26.8 Å². The van der Waals surface area contributed by atoms with Gasteiger partial charge in [-0.05, 0) is 29.5 Å². The highest BCUT2D eigenvalue weighted by Crippen LogP contribution is 2.34. The minimum absolute atomic E-state index is 0.0555. The Morgan fingerprint density at radius 1 is 1.43 bits per heavy atom. The van der Waals surface area contributed by atoms with E-state index >= 15 is 0 Å². The van der Waals surface area contributed by atoms with Gasteiger partial charge in [0, 0.05) is 17.6 Å². The topological polar surface area (TPSA) is 70.5 Å². The first kappa shape index (κ1) is 13.7. The molecule has 1 aliphatic heterocycles. The molecule has 7 heteroatoms. The van der Waals surface area contributed by atoms with Crippen LogP contribution in [0, 0.1) is 5.82 Å². The first-order valence-corrected chi connectivity index (χ1v) is 7.16. The Bertz CT molecular complexity index is 716. The van der Waals surface area contributed by atoms with E-state index in [1.54, 1.807) is 6.07 Å². The van der Waals surface area contributed by atoms with Crippen LogP contribution < -0.4 is 0 Å². The van der Waals surface area contributed by atoms with Gasteiger partial charge < -0.3 is 10.0 Å². The molecule has 0 saturated heterocycles. The number of pyridine rings is 1. The lowest BCUT2D eigenvalue weighted by Crippen LogP contribution is -2.43. The summed E-state index contributed by atoms with van der Waals surface area (Å²) in [6.45, 7) is 0.291. The Kier molecular flexibility index (Phi) is 3.42. The maximum absolute atomic E-state index is 13.2. The summed E-state index contributed by atoms with van der Waals surface area (Å²) in [5, 5.41) is 11.3. The lowest BCUT2D eigenvalue weighted by atomic mass is 9.99. The van der Waals surface area contributed by atoms with Crippen LogP contribution in [0.15, 0.2) is 29.9 Å². The van der Waals surface area contributed by atoms with Crippen molar-refractivity contribution in [2.24, 2.45) is 0 Å². The van der Waals surface area contributed by atoms with Gasteiger partial charge in [0.05, 0.1) is 11.8 Å². The molecule has 0 bridgehead atoms. The number of carbonyl (C=O) groups is 2. The van der Waals surface area contributed by atoms with Crippen LogP contribution in [-0.4, -0.2) is 33.4 Å². The van der Waals surface area contributed by atoms with E-state index in [1.807, 2.05) is 5.38 Å². The van der Waals surface area contributed by atoms with Gasteiger partial charge in [0.2, 0.25) is 0 Å². The highest BCUT2D eigenvalue weighted by atomic mass is 32.1. The van der Waals surface area contributed by atoms with Gasteiger partial charge in [-0.25, -0.2) is 9.18 Å². The molecule has 1 aliphatic rings. The van der Waals surface area contributed by atoms with Gasteiger partial charge in [-0.3, -0.25) is 9.78 Å². The van der Waals surface area contributed by atoms with Crippen molar-refractivity contribution in [3.8, 4) is 0 Å². The molecular formula is C14H11FN2O3S. The summed E-state index contributed by atoms with van der Waals surface area (Å²) >= 11 is 1.48. The lowest BCUT2D eigenvalue weighted by molar-refractivity contribution is -0.142. The molecule has 3 heterocycles. The monoisotopic (exact) mass is 306 g/mol. The molecule has 1 amide bonds. The Labute approximate surface area is 123 Å². The standard InChI is InChI=1S/C14H11FN2O3S/c15-9-5-8(6-16-7-9)13(18)17-3-1-11-10(2-4-21-11)12(17)14(19)20/h2,4-7,12H,1,3H2,(H,19,20). The number of rotatable bonds is 2. The fourth-order valence-corrected chi connectivity index (χ4v) is 3.40. The fourth-order valence-electron chi connectivity index (χ4n) is 2.50. The molecule has 0 fully saturated rings. The van der Waals surface area contributed by atoms with Crippen molar-refractivity contribution in [2.75, 3.05) is 6.54 Å². The Hall–Kier alpha value is -2.28. The van der Waals surface area contributed by atoms with Crippen molar-refractivity contribution in [3.63, 3.8) is 0 Å². The van der Waals surface area contributed by atoms with Gasteiger partial charge in [0.1, 0.15) is 5.82 Å². The van der Waals surface area contributed by atoms with Crippen LogP contribution in [0.2, 0.25) is 0 Å². The summed E-state index contributed by atoms with van der Waals surface area (Å²) in [6.07, 6.45) is 2.84. The molecule has 108 valence electrons. The summed E-state index contributed by atoms with van der Waals surface area (Å²) in [6, 6.07) is 1.76. The Morgan fingerprint density at radius 2 is 2.24 bits per heavy atom. The molecule has 0 aromatic carbocycles. The minimum atomic E-state index is -1.09. The third kappa shape index (κ3) is 2.40. The van der Waals surface area contributed by atoms with E-state index in [9.17, 15) is 19.1 Å². The minimum Gasteiger partial charge on any atom is -0.479 e. The smallest absolute Gasteiger partial charge is 0.331 e. The van der Waals surface area contributed by atoms with Crippen molar-refractivity contribution in [1.82, 2.24) is 9.88 Å². The van der Waals surface area contributed by atoms with Crippen LogP contribution in [0.4, 0.5) is 4.39 Å². The fraction of sp³-hybridized carbons (Fsp3) is 0.214. The van der Waals surface area contributed by atoms with Crippen molar-refractivity contribution in [1.29, 1.82) is 0 Å². The highest BCUT2D eigenvalue weighted by molar-refractivity contribution is 7.10. The van der Waals surface area contributed by atoms with Crippen molar-refractivity contribution in [2.45, 2.75) is 12.5 Å². The van der Waals surface area contributed by atoms with Crippen LogP contribution in [0.5, 0.6) is 0 Å². The summed E-state index contributed by atoms with van der Waals surface area (Å²) < 4.78 is 13.2. The second-order valence-electron chi connectivity index (χ2n) is 4.68. The molecule has 1 unspecified atom stereocenters. The van der Waals surface area contributed by atoms with Crippen LogP contribution in [0.3, 0.4) is 0 Å². The largest absolute Gasteiger partial charge is 0.479 e. The van der Waals surface area contributed by atoms with E-state index < -0.39 is 23.7 Å². The second kappa shape index (κ2) is 5.25. The van der Waals surface area contributed by atoms with E-state index in [-0.39, 0.29) is 5.56 Å². The molecule has 21 heavy (non-hydrogen) atoms. The maximum atomic E-state index is 13.2. The number of carboxylic acid groups (broad SMARTS) is 1. The zero-order valence-corrected chi connectivity index (χ0v) is 11.6. The average molecular weight is 306 g/mol. The van der Waals surface area contributed by atoms with E-state index in [0.29, 0.717) is 18.5 Å². The third-order valence-electron chi connectivity index (χ3n) is 3.41. The predicted octanol–water partition coefficient (Wildman–Crippen LogP) is 2.11. The van der Waals surface area contributed by atoms with Crippen molar-refractivity contribution >= 4 is 23.2 Å². The summed E-state index contributed by atoms with van der Waals surface area (Å²) in [5.41, 5.74) is 0.691. The number of carboxylic acids is 1. The molecule has 2 aromatic rings. The zero-order chi connectivity index (χ0) is 15.0. The third-order valence-corrected chi connectivity index (χ3v) is 4.41. The van der Waals surface area contributed by atoms with Gasteiger partial charge in [-0.1, -0.05) is 0 Å². The first-order chi connectivity index (χ1) is 10.1. The molecule has 5 nitrogen and oxygen atoms in total. The number of fused-ring (bicyclic) bond motifs is 1. The number of nitrogens with zero attached hydrogens (tertiary/aromatic N) is 2.